The molecule has 0 amide bonds. The molecular weight excluding hydrogens is 204 g/mol. The van der Waals surface area contributed by atoms with Gasteiger partial charge in [-0.25, -0.2) is 4.98 Å². The predicted octanol–water partition coefficient (Wildman–Crippen LogP) is 1.31. The van der Waals surface area contributed by atoms with Gasteiger partial charge in [0.2, 0.25) is 0 Å². The van der Waals surface area contributed by atoms with Gasteiger partial charge in [-0.15, -0.1) is 0 Å². The van der Waals surface area contributed by atoms with E-state index in [1.54, 1.807) is 6.33 Å². The van der Waals surface area contributed by atoms with E-state index in [1.807, 2.05) is 31.7 Å². The summed E-state index contributed by atoms with van der Waals surface area (Å²) in [6.07, 6.45) is 3.80. The number of nitrogens with zero attached hydrogens (tertiary/aromatic N) is 3. The number of aromatic nitrogens is 3. The van der Waals surface area contributed by atoms with E-state index in [0.29, 0.717) is 0 Å². The molecule has 2 aromatic heterocycles. The van der Waals surface area contributed by atoms with Crippen molar-refractivity contribution in [2.45, 2.75) is 26.9 Å². The van der Waals surface area contributed by atoms with E-state index in [4.69, 9.17) is 4.52 Å². The van der Waals surface area contributed by atoms with Gasteiger partial charge >= 0.3 is 0 Å². The van der Waals surface area contributed by atoms with Crippen LogP contribution in [0.1, 0.15) is 22.7 Å². The summed E-state index contributed by atoms with van der Waals surface area (Å²) in [6.45, 7) is 5.40. The van der Waals surface area contributed by atoms with Gasteiger partial charge in [0.1, 0.15) is 5.76 Å². The van der Waals surface area contributed by atoms with Gasteiger partial charge in [0.05, 0.1) is 17.7 Å². The molecule has 0 fully saturated rings. The van der Waals surface area contributed by atoms with Crippen molar-refractivity contribution in [3.8, 4) is 0 Å². The number of aryl methyl sites for hydroxylation is 3. The molecule has 5 heteroatoms. The fourth-order valence-electron chi connectivity index (χ4n) is 1.63. The summed E-state index contributed by atoms with van der Waals surface area (Å²) >= 11 is 0. The lowest BCUT2D eigenvalue weighted by Crippen LogP contribution is -2.13. The Labute approximate surface area is 94.5 Å². The lowest BCUT2D eigenvalue weighted by Gasteiger charge is -2.01. The van der Waals surface area contributed by atoms with E-state index in [2.05, 4.69) is 15.5 Å². The van der Waals surface area contributed by atoms with Gasteiger partial charge in [-0.1, -0.05) is 5.16 Å². The standard InChI is InChI=1S/C11H16N4O/c1-8-11(9(2)16-14-8)5-12-4-10-6-15(3)7-13-10/h6-7,12H,4-5H2,1-3H3. The van der Waals surface area contributed by atoms with Crippen molar-refractivity contribution in [3.63, 3.8) is 0 Å². The average molecular weight is 220 g/mol. The monoisotopic (exact) mass is 220 g/mol. The Morgan fingerprint density at radius 1 is 1.38 bits per heavy atom. The second kappa shape index (κ2) is 4.49. The van der Waals surface area contributed by atoms with Crippen LogP contribution in [0.2, 0.25) is 0 Å². The van der Waals surface area contributed by atoms with Crippen molar-refractivity contribution in [2.75, 3.05) is 0 Å². The van der Waals surface area contributed by atoms with Crippen molar-refractivity contribution >= 4 is 0 Å². The summed E-state index contributed by atoms with van der Waals surface area (Å²) in [6, 6.07) is 0. The Bertz CT molecular complexity index is 453. The highest BCUT2D eigenvalue weighted by molar-refractivity contribution is 5.20. The minimum Gasteiger partial charge on any atom is -0.361 e. The van der Waals surface area contributed by atoms with Crippen molar-refractivity contribution in [1.82, 2.24) is 20.0 Å². The molecule has 5 nitrogen and oxygen atoms in total. The van der Waals surface area contributed by atoms with E-state index >= 15 is 0 Å². The van der Waals surface area contributed by atoms with Gasteiger partial charge in [0.15, 0.2) is 0 Å². The first-order valence-electron chi connectivity index (χ1n) is 5.26. The molecule has 0 unspecified atom stereocenters. The fraction of sp³-hybridized carbons (Fsp3) is 0.455. The summed E-state index contributed by atoms with van der Waals surface area (Å²) in [5, 5.41) is 7.23. The summed E-state index contributed by atoms with van der Waals surface area (Å²) in [5.41, 5.74) is 3.12. The van der Waals surface area contributed by atoms with E-state index in [-0.39, 0.29) is 0 Å². The molecule has 0 radical (unpaired) electrons. The Hall–Kier alpha value is -1.62. The summed E-state index contributed by atoms with van der Waals surface area (Å²) in [5.74, 6) is 0.881. The molecule has 0 aliphatic carbocycles. The van der Waals surface area contributed by atoms with Crippen molar-refractivity contribution < 1.29 is 4.52 Å². The highest BCUT2D eigenvalue weighted by Crippen LogP contribution is 2.11. The van der Waals surface area contributed by atoms with E-state index < -0.39 is 0 Å². The Morgan fingerprint density at radius 2 is 2.19 bits per heavy atom. The first-order valence-corrected chi connectivity index (χ1v) is 5.26. The highest BCUT2D eigenvalue weighted by atomic mass is 16.5. The Balaban J connectivity index is 1.89. The smallest absolute Gasteiger partial charge is 0.138 e. The van der Waals surface area contributed by atoms with Crippen LogP contribution in [0.25, 0.3) is 0 Å². The summed E-state index contributed by atoms with van der Waals surface area (Å²) < 4.78 is 7.03. The first-order chi connectivity index (χ1) is 7.66. The number of nitrogens with one attached hydrogen (secondary N) is 1. The van der Waals surface area contributed by atoms with Gasteiger partial charge in [0, 0.05) is 31.9 Å². The minimum atomic E-state index is 0.755. The third-order valence-electron chi connectivity index (χ3n) is 2.55. The zero-order valence-electron chi connectivity index (χ0n) is 9.82. The van der Waals surface area contributed by atoms with E-state index in [9.17, 15) is 0 Å². The third-order valence-corrected chi connectivity index (χ3v) is 2.55. The van der Waals surface area contributed by atoms with Crippen LogP contribution in [0.15, 0.2) is 17.0 Å². The maximum atomic E-state index is 5.09. The SMILES string of the molecule is Cc1noc(C)c1CNCc1cn(C)cn1. The zero-order chi connectivity index (χ0) is 11.5. The summed E-state index contributed by atoms with van der Waals surface area (Å²) in [4.78, 5) is 4.24. The molecule has 16 heavy (non-hydrogen) atoms. The lowest BCUT2D eigenvalue weighted by molar-refractivity contribution is 0.392. The second-order valence-electron chi connectivity index (χ2n) is 3.94. The molecule has 2 rings (SSSR count). The van der Waals surface area contributed by atoms with Crippen LogP contribution in [0.3, 0.4) is 0 Å². The topological polar surface area (TPSA) is 55.9 Å². The zero-order valence-corrected chi connectivity index (χ0v) is 9.82. The molecule has 0 bridgehead atoms. The molecule has 2 heterocycles. The molecule has 0 aromatic carbocycles. The number of hydrogen-bond acceptors (Lipinski definition) is 4. The van der Waals surface area contributed by atoms with Crippen LogP contribution in [-0.2, 0) is 20.1 Å². The number of hydrogen-bond donors (Lipinski definition) is 1. The van der Waals surface area contributed by atoms with E-state index in [1.165, 1.54) is 0 Å². The highest BCUT2D eigenvalue weighted by Gasteiger charge is 2.07. The van der Waals surface area contributed by atoms with Gasteiger partial charge in [-0.3, -0.25) is 0 Å². The molecule has 86 valence electrons. The third kappa shape index (κ3) is 2.30. The van der Waals surface area contributed by atoms with E-state index in [0.717, 1.165) is 35.8 Å². The Morgan fingerprint density at radius 3 is 2.75 bits per heavy atom. The molecule has 0 spiro atoms. The maximum Gasteiger partial charge on any atom is 0.138 e. The average Bonchev–Trinajstić information content (AvgIpc) is 2.78. The molecule has 0 aliphatic rings. The minimum absolute atomic E-state index is 0.755. The Kier molecular flexibility index (Phi) is 3.05. The van der Waals surface area contributed by atoms with Crippen LogP contribution in [0.5, 0.6) is 0 Å². The first kappa shape index (κ1) is 10.9. The van der Waals surface area contributed by atoms with Crippen molar-refractivity contribution in [2.24, 2.45) is 7.05 Å². The van der Waals surface area contributed by atoms with Gasteiger partial charge in [-0.05, 0) is 13.8 Å². The van der Waals surface area contributed by atoms with Gasteiger partial charge in [0.25, 0.3) is 0 Å². The van der Waals surface area contributed by atoms with Crippen LogP contribution < -0.4 is 5.32 Å². The lowest BCUT2D eigenvalue weighted by atomic mass is 10.2. The second-order valence-corrected chi connectivity index (χ2v) is 3.94. The normalized spacial score (nSPS) is 10.9. The largest absolute Gasteiger partial charge is 0.361 e. The molecule has 0 aliphatic heterocycles. The molecule has 1 N–H and O–H groups in total. The van der Waals surface area contributed by atoms with Crippen LogP contribution in [0.4, 0.5) is 0 Å². The molecule has 0 atom stereocenters. The van der Waals surface area contributed by atoms with Gasteiger partial charge in [-0.2, -0.15) is 0 Å². The quantitative estimate of drug-likeness (QED) is 0.844. The van der Waals surface area contributed by atoms with Crippen LogP contribution in [-0.4, -0.2) is 14.7 Å². The fourth-order valence-corrected chi connectivity index (χ4v) is 1.63. The number of imidazole rings is 1. The summed E-state index contributed by atoms with van der Waals surface area (Å²) in [7, 11) is 1.96. The van der Waals surface area contributed by atoms with Crippen LogP contribution >= 0.6 is 0 Å². The van der Waals surface area contributed by atoms with Crippen molar-refractivity contribution in [1.29, 1.82) is 0 Å². The van der Waals surface area contributed by atoms with Crippen LogP contribution in [0, 0.1) is 13.8 Å². The molecule has 0 saturated carbocycles. The molecular formula is C11H16N4O. The van der Waals surface area contributed by atoms with Crippen molar-refractivity contribution in [3.05, 3.63) is 35.2 Å². The molecule has 0 saturated heterocycles. The number of rotatable bonds is 4. The predicted molar refractivity (Wildman–Crippen MR) is 59.7 cm³/mol. The maximum absolute atomic E-state index is 5.09. The van der Waals surface area contributed by atoms with Gasteiger partial charge < -0.3 is 14.4 Å². The molecule has 2 aromatic rings.